The van der Waals surface area contributed by atoms with E-state index in [-0.39, 0.29) is 0 Å². The van der Waals surface area contributed by atoms with Gasteiger partial charge in [0.25, 0.3) is 0 Å². The van der Waals surface area contributed by atoms with E-state index in [0.29, 0.717) is 6.04 Å². The van der Waals surface area contributed by atoms with Crippen LogP contribution in [0.1, 0.15) is 53.1 Å². The van der Waals surface area contributed by atoms with Gasteiger partial charge in [-0.1, -0.05) is 41.4 Å². The minimum absolute atomic E-state index is 0.333. The highest BCUT2D eigenvalue weighted by molar-refractivity contribution is 9.10. The van der Waals surface area contributed by atoms with Crippen molar-refractivity contribution in [2.45, 2.75) is 45.1 Å². The Morgan fingerprint density at radius 3 is 2.67 bits per heavy atom. The Bertz CT molecular complexity index is 564. The monoisotopic (exact) mass is 363 g/mol. The second kappa shape index (κ2) is 7.08. The first-order chi connectivity index (χ1) is 10.3. The lowest BCUT2D eigenvalue weighted by atomic mass is 10.0. The van der Waals surface area contributed by atoms with Crippen LogP contribution in [-0.4, -0.2) is 6.54 Å². The van der Waals surface area contributed by atoms with Gasteiger partial charge in [0.2, 0.25) is 0 Å². The fourth-order valence-corrected chi connectivity index (χ4v) is 4.70. The summed E-state index contributed by atoms with van der Waals surface area (Å²) in [5.74, 6) is 0. The normalized spacial score (nSPS) is 16.3. The van der Waals surface area contributed by atoms with Crippen LogP contribution < -0.4 is 5.32 Å². The number of benzene rings is 1. The smallest absolute Gasteiger partial charge is 0.0671 e. The van der Waals surface area contributed by atoms with E-state index in [1.165, 1.54) is 42.5 Å². The predicted molar refractivity (Wildman–Crippen MR) is 95.2 cm³/mol. The Morgan fingerprint density at radius 1 is 1.14 bits per heavy atom. The highest BCUT2D eigenvalue weighted by Crippen LogP contribution is 2.35. The summed E-state index contributed by atoms with van der Waals surface area (Å²) in [6.45, 7) is 3.17. The minimum Gasteiger partial charge on any atom is -0.306 e. The lowest BCUT2D eigenvalue weighted by Crippen LogP contribution is -2.21. The first kappa shape index (κ1) is 15.3. The van der Waals surface area contributed by atoms with E-state index in [9.17, 15) is 0 Å². The van der Waals surface area contributed by atoms with Gasteiger partial charge in [-0.15, -0.1) is 11.3 Å². The summed E-state index contributed by atoms with van der Waals surface area (Å²) < 4.78 is 1.14. The Hall–Kier alpha value is -0.640. The molecule has 3 heteroatoms. The molecule has 1 nitrogen and oxygen atoms in total. The van der Waals surface area contributed by atoms with Gasteiger partial charge < -0.3 is 5.32 Å². The zero-order valence-electron chi connectivity index (χ0n) is 12.5. The topological polar surface area (TPSA) is 12.0 Å². The zero-order chi connectivity index (χ0) is 14.7. The van der Waals surface area contributed by atoms with Crippen molar-refractivity contribution in [2.24, 2.45) is 0 Å². The summed E-state index contributed by atoms with van der Waals surface area (Å²) in [5, 5.41) is 3.65. The molecule has 0 saturated heterocycles. The van der Waals surface area contributed by atoms with Crippen LogP contribution in [0.25, 0.3) is 0 Å². The van der Waals surface area contributed by atoms with E-state index >= 15 is 0 Å². The van der Waals surface area contributed by atoms with E-state index in [0.717, 1.165) is 11.0 Å². The van der Waals surface area contributed by atoms with Crippen LogP contribution in [0.5, 0.6) is 0 Å². The quantitative estimate of drug-likeness (QED) is 0.709. The van der Waals surface area contributed by atoms with Crippen molar-refractivity contribution in [3.63, 3.8) is 0 Å². The Kier molecular flexibility index (Phi) is 5.15. The summed E-state index contributed by atoms with van der Waals surface area (Å²) in [7, 11) is 0. The van der Waals surface area contributed by atoms with E-state index in [1.807, 2.05) is 11.3 Å². The average molecular weight is 364 g/mol. The Balaban J connectivity index is 1.92. The molecule has 1 aliphatic carbocycles. The van der Waals surface area contributed by atoms with Crippen molar-refractivity contribution in [3.8, 4) is 0 Å². The summed E-state index contributed by atoms with van der Waals surface area (Å²) in [6, 6.07) is 11.5. The van der Waals surface area contributed by atoms with E-state index in [2.05, 4.69) is 58.5 Å². The molecule has 0 amide bonds. The van der Waals surface area contributed by atoms with Gasteiger partial charge >= 0.3 is 0 Å². The molecular formula is C18H22BrNS. The zero-order valence-corrected chi connectivity index (χ0v) is 14.9. The average Bonchev–Trinajstić information content (AvgIpc) is 2.76. The first-order valence-electron chi connectivity index (χ1n) is 7.88. The van der Waals surface area contributed by atoms with Crippen LogP contribution in [0.3, 0.4) is 0 Å². The second-order valence-electron chi connectivity index (χ2n) is 5.70. The molecule has 1 unspecified atom stereocenters. The summed E-state index contributed by atoms with van der Waals surface area (Å²) in [6.07, 6.45) is 6.65. The molecule has 0 fully saturated rings. The van der Waals surface area contributed by atoms with Crippen molar-refractivity contribution in [3.05, 3.63) is 55.7 Å². The van der Waals surface area contributed by atoms with Gasteiger partial charge in [0.1, 0.15) is 0 Å². The van der Waals surface area contributed by atoms with Gasteiger partial charge in [0.15, 0.2) is 0 Å². The van der Waals surface area contributed by atoms with Crippen molar-refractivity contribution in [1.29, 1.82) is 0 Å². The van der Waals surface area contributed by atoms with Crippen molar-refractivity contribution in [1.82, 2.24) is 5.32 Å². The molecule has 2 aromatic rings. The lowest BCUT2D eigenvalue weighted by molar-refractivity contribution is 0.638. The van der Waals surface area contributed by atoms with Crippen LogP contribution in [0.4, 0.5) is 0 Å². The van der Waals surface area contributed by atoms with E-state index in [4.69, 9.17) is 0 Å². The molecule has 21 heavy (non-hydrogen) atoms. The molecule has 1 aromatic heterocycles. The maximum atomic E-state index is 3.65. The maximum absolute atomic E-state index is 3.65. The largest absolute Gasteiger partial charge is 0.306 e. The maximum Gasteiger partial charge on any atom is 0.0671 e. The highest BCUT2D eigenvalue weighted by Gasteiger charge is 2.19. The molecule has 0 aliphatic heterocycles. The first-order valence-corrected chi connectivity index (χ1v) is 9.49. The van der Waals surface area contributed by atoms with Crippen LogP contribution >= 0.6 is 27.3 Å². The van der Waals surface area contributed by atoms with Gasteiger partial charge in [-0.05, 0) is 61.6 Å². The molecule has 0 radical (unpaired) electrons. The number of hydrogen-bond donors (Lipinski definition) is 1. The Morgan fingerprint density at radius 2 is 1.90 bits per heavy atom. The molecular weight excluding hydrogens is 342 g/mol. The minimum atomic E-state index is 0.333. The third-order valence-corrected chi connectivity index (χ3v) is 5.99. The Labute approximate surface area is 139 Å². The molecule has 1 atom stereocenters. The van der Waals surface area contributed by atoms with E-state index in [1.54, 1.807) is 10.4 Å². The van der Waals surface area contributed by atoms with Crippen LogP contribution in [-0.2, 0) is 12.8 Å². The SMILES string of the molecule is CCNC(c1ccc(Br)cc1)c1cc2c(s1)CCCCC2. The standard InChI is InChI=1S/C18H22BrNS/c1-2-20-18(13-8-10-15(19)11-9-13)17-12-14-6-4-3-5-7-16(14)21-17/h8-12,18,20H,2-7H2,1H3. The van der Waals surface area contributed by atoms with Crippen LogP contribution in [0, 0.1) is 0 Å². The molecule has 0 spiro atoms. The number of nitrogens with one attached hydrogen (secondary N) is 1. The van der Waals surface area contributed by atoms with Gasteiger partial charge in [-0.2, -0.15) is 0 Å². The van der Waals surface area contributed by atoms with Gasteiger partial charge in [-0.3, -0.25) is 0 Å². The fraction of sp³-hybridized carbons (Fsp3) is 0.444. The van der Waals surface area contributed by atoms with E-state index < -0.39 is 0 Å². The fourth-order valence-electron chi connectivity index (χ4n) is 3.07. The van der Waals surface area contributed by atoms with Crippen molar-refractivity contribution >= 4 is 27.3 Å². The number of fused-ring (bicyclic) bond motifs is 1. The lowest BCUT2D eigenvalue weighted by Gasteiger charge is -2.17. The van der Waals surface area contributed by atoms with Crippen molar-refractivity contribution < 1.29 is 0 Å². The number of rotatable bonds is 4. The van der Waals surface area contributed by atoms with Crippen molar-refractivity contribution in [2.75, 3.05) is 6.54 Å². The number of aryl methyl sites for hydroxylation is 2. The summed E-state index contributed by atoms with van der Waals surface area (Å²) in [4.78, 5) is 3.11. The second-order valence-corrected chi connectivity index (χ2v) is 7.78. The highest BCUT2D eigenvalue weighted by atomic mass is 79.9. The number of hydrogen-bond acceptors (Lipinski definition) is 2. The van der Waals surface area contributed by atoms with Gasteiger partial charge in [-0.25, -0.2) is 0 Å². The number of halogens is 1. The molecule has 1 aliphatic rings. The van der Waals surface area contributed by atoms with Gasteiger partial charge in [0, 0.05) is 14.2 Å². The molecule has 1 N–H and O–H groups in total. The third kappa shape index (κ3) is 3.58. The summed E-state index contributed by atoms with van der Waals surface area (Å²) >= 11 is 5.55. The van der Waals surface area contributed by atoms with Crippen LogP contribution in [0.15, 0.2) is 34.8 Å². The molecule has 112 valence electrons. The molecule has 1 aromatic carbocycles. The molecule has 3 rings (SSSR count). The molecule has 1 heterocycles. The summed E-state index contributed by atoms with van der Waals surface area (Å²) in [5.41, 5.74) is 2.96. The predicted octanol–water partition coefficient (Wildman–Crippen LogP) is 5.48. The van der Waals surface area contributed by atoms with Crippen LogP contribution in [0.2, 0.25) is 0 Å². The third-order valence-electron chi connectivity index (χ3n) is 4.16. The van der Waals surface area contributed by atoms with Gasteiger partial charge in [0.05, 0.1) is 6.04 Å². The molecule has 0 bridgehead atoms. The number of thiophene rings is 1. The molecule has 0 saturated carbocycles.